The first-order valence-corrected chi connectivity index (χ1v) is 6.58. The molecule has 0 saturated heterocycles. The van der Waals surface area contributed by atoms with Gasteiger partial charge in [0.05, 0.1) is 12.6 Å². The Hall–Kier alpha value is -1.35. The van der Waals surface area contributed by atoms with Gasteiger partial charge < -0.3 is 10.1 Å². The van der Waals surface area contributed by atoms with Gasteiger partial charge in [0.2, 0.25) is 0 Å². The first-order chi connectivity index (χ1) is 8.58. The largest absolute Gasteiger partial charge is 0.491 e. The molecular weight excluding hydrogens is 224 g/mol. The lowest BCUT2D eigenvalue weighted by Gasteiger charge is -2.09. The van der Waals surface area contributed by atoms with E-state index in [1.165, 1.54) is 0 Å². The highest BCUT2D eigenvalue weighted by atomic mass is 16.5. The number of ether oxygens (including phenoxy) is 1. The van der Waals surface area contributed by atoms with Crippen molar-refractivity contribution in [3.05, 3.63) is 29.8 Å². The van der Waals surface area contributed by atoms with E-state index in [2.05, 4.69) is 24.2 Å². The van der Waals surface area contributed by atoms with E-state index in [9.17, 15) is 0 Å². The van der Waals surface area contributed by atoms with Crippen LogP contribution in [0.3, 0.4) is 0 Å². The SMILES string of the molecule is CC(C)NCC/N=C/c1ccc(OC(C)C)cc1. The molecular formula is C15H24N2O. The van der Waals surface area contributed by atoms with E-state index in [0.29, 0.717) is 6.04 Å². The molecule has 18 heavy (non-hydrogen) atoms. The molecule has 3 nitrogen and oxygen atoms in total. The molecule has 0 aliphatic rings. The summed E-state index contributed by atoms with van der Waals surface area (Å²) in [6, 6.07) is 8.53. The molecule has 3 heteroatoms. The van der Waals surface area contributed by atoms with Gasteiger partial charge in [0.1, 0.15) is 5.75 Å². The van der Waals surface area contributed by atoms with Crippen LogP contribution < -0.4 is 10.1 Å². The lowest BCUT2D eigenvalue weighted by Crippen LogP contribution is -2.25. The summed E-state index contributed by atoms with van der Waals surface area (Å²) < 4.78 is 5.58. The minimum atomic E-state index is 0.214. The van der Waals surface area contributed by atoms with Gasteiger partial charge in [-0.3, -0.25) is 4.99 Å². The number of nitrogens with zero attached hydrogens (tertiary/aromatic N) is 1. The molecule has 0 unspecified atom stereocenters. The Labute approximate surface area is 110 Å². The summed E-state index contributed by atoms with van der Waals surface area (Å²) >= 11 is 0. The Morgan fingerprint density at radius 2 is 1.83 bits per heavy atom. The Balaban J connectivity index is 2.36. The average molecular weight is 248 g/mol. The zero-order valence-electron chi connectivity index (χ0n) is 11.8. The van der Waals surface area contributed by atoms with Crippen molar-refractivity contribution in [3.8, 4) is 5.75 Å². The van der Waals surface area contributed by atoms with Gasteiger partial charge >= 0.3 is 0 Å². The van der Waals surface area contributed by atoms with Gasteiger partial charge in [-0.1, -0.05) is 13.8 Å². The zero-order chi connectivity index (χ0) is 13.4. The topological polar surface area (TPSA) is 33.6 Å². The lowest BCUT2D eigenvalue weighted by molar-refractivity contribution is 0.242. The van der Waals surface area contributed by atoms with E-state index in [4.69, 9.17) is 4.74 Å². The normalized spacial score (nSPS) is 11.7. The average Bonchev–Trinajstić information content (AvgIpc) is 2.30. The molecule has 100 valence electrons. The maximum atomic E-state index is 5.58. The molecule has 1 rings (SSSR count). The summed E-state index contributed by atoms with van der Waals surface area (Å²) in [4.78, 5) is 4.38. The van der Waals surface area contributed by atoms with Gasteiger partial charge in [0.15, 0.2) is 0 Å². The standard InChI is InChI=1S/C15H24N2O/c1-12(2)17-10-9-16-11-14-5-7-15(8-6-14)18-13(3)4/h5-8,11-13,17H,9-10H2,1-4H3/b16-11+. The van der Waals surface area contributed by atoms with Crippen molar-refractivity contribution in [2.45, 2.75) is 39.8 Å². The second-order valence-electron chi connectivity index (χ2n) is 4.88. The Bertz CT molecular complexity index is 355. The van der Waals surface area contributed by atoms with Crippen molar-refractivity contribution in [2.24, 2.45) is 4.99 Å². The third-order valence-corrected chi connectivity index (χ3v) is 2.29. The van der Waals surface area contributed by atoms with Crippen molar-refractivity contribution in [1.82, 2.24) is 5.32 Å². The summed E-state index contributed by atoms with van der Waals surface area (Å²) in [6.07, 6.45) is 2.12. The highest BCUT2D eigenvalue weighted by Gasteiger charge is 1.96. The first-order valence-electron chi connectivity index (χ1n) is 6.58. The monoisotopic (exact) mass is 248 g/mol. The molecule has 0 aromatic heterocycles. The van der Waals surface area contributed by atoms with Gasteiger partial charge in [-0.25, -0.2) is 0 Å². The summed E-state index contributed by atoms with van der Waals surface area (Å²) in [5, 5.41) is 3.33. The second-order valence-corrected chi connectivity index (χ2v) is 4.88. The maximum Gasteiger partial charge on any atom is 0.119 e. The van der Waals surface area contributed by atoms with Crippen LogP contribution >= 0.6 is 0 Å². The van der Waals surface area contributed by atoms with Crippen LogP contribution in [0.5, 0.6) is 5.75 Å². The summed E-state index contributed by atoms with van der Waals surface area (Å²) in [5.74, 6) is 0.906. The third-order valence-electron chi connectivity index (χ3n) is 2.29. The van der Waals surface area contributed by atoms with Crippen molar-refractivity contribution < 1.29 is 4.74 Å². The molecule has 1 aromatic carbocycles. The number of hydrogen-bond acceptors (Lipinski definition) is 3. The molecule has 0 bridgehead atoms. The van der Waals surface area contributed by atoms with E-state index < -0.39 is 0 Å². The summed E-state index contributed by atoms with van der Waals surface area (Å²) in [5.41, 5.74) is 1.11. The number of rotatable bonds is 7. The van der Waals surface area contributed by atoms with E-state index in [1.807, 2.05) is 44.3 Å². The Kier molecular flexibility index (Phi) is 6.44. The Morgan fingerprint density at radius 1 is 1.17 bits per heavy atom. The van der Waals surface area contributed by atoms with Crippen LogP contribution in [-0.4, -0.2) is 31.4 Å². The third kappa shape index (κ3) is 6.40. The quantitative estimate of drug-likeness (QED) is 0.594. The molecule has 0 spiro atoms. The van der Waals surface area contributed by atoms with E-state index in [0.717, 1.165) is 24.4 Å². The predicted octanol–water partition coefficient (Wildman–Crippen LogP) is 2.89. The van der Waals surface area contributed by atoms with Crippen LogP contribution in [0.25, 0.3) is 0 Å². The van der Waals surface area contributed by atoms with Crippen LogP contribution in [0.2, 0.25) is 0 Å². The lowest BCUT2D eigenvalue weighted by atomic mass is 10.2. The first kappa shape index (κ1) is 14.7. The molecule has 0 fully saturated rings. The minimum Gasteiger partial charge on any atom is -0.491 e. The zero-order valence-corrected chi connectivity index (χ0v) is 11.8. The summed E-state index contributed by atoms with van der Waals surface area (Å²) in [7, 11) is 0. The van der Waals surface area contributed by atoms with Crippen LogP contribution in [0.4, 0.5) is 0 Å². The Morgan fingerprint density at radius 3 is 2.39 bits per heavy atom. The fourth-order valence-corrected chi connectivity index (χ4v) is 1.49. The fraction of sp³-hybridized carbons (Fsp3) is 0.533. The number of benzene rings is 1. The van der Waals surface area contributed by atoms with Gasteiger partial charge in [-0.2, -0.15) is 0 Å². The molecule has 0 amide bonds. The minimum absolute atomic E-state index is 0.214. The van der Waals surface area contributed by atoms with E-state index in [-0.39, 0.29) is 6.10 Å². The van der Waals surface area contributed by atoms with Crippen molar-refractivity contribution in [2.75, 3.05) is 13.1 Å². The van der Waals surface area contributed by atoms with Gasteiger partial charge in [0, 0.05) is 18.8 Å². The van der Waals surface area contributed by atoms with Crippen LogP contribution in [0, 0.1) is 0 Å². The summed E-state index contributed by atoms with van der Waals surface area (Å²) in [6.45, 7) is 10.0. The molecule has 0 saturated carbocycles. The maximum absolute atomic E-state index is 5.58. The molecule has 0 heterocycles. The molecule has 0 aliphatic carbocycles. The van der Waals surface area contributed by atoms with Crippen LogP contribution in [0.15, 0.2) is 29.3 Å². The predicted molar refractivity (Wildman–Crippen MR) is 77.8 cm³/mol. The van der Waals surface area contributed by atoms with Gasteiger partial charge in [-0.05, 0) is 43.7 Å². The molecule has 0 radical (unpaired) electrons. The number of nitrogens with one attached hydrogen (secondary N) is 1. The van der Waals surface area contributed by atoms with Crippen LogP contribution in [0.1, 0.15) is 33.3 Å². The molecule has 1 aromatic rings. The second kappa shape index (κ2) is 7.88. The number of aliphatic imine (C=N–C) groups is 1. The van der Waals surface area contributed by atoms with Crippen molar-refractivity contribution >= 4 is 6.21 Å². The van der Waals surface area contributed by atoms with Gasteiger partial charge in [-0.15, -0.1) is 0 Å². The van der Waals surface area contributed by atoms with Gasteiger partial charge in [0.25, 0.3) is 0 Å². The molecule has 1 N–H and O–H groups in total. The smallest absolute Gasteiger partial charge is 0.119 e. The highest BCUT2D eigenvalue weighted by molar-refractivity contribution is 5.79. The van der Waals surface area contributed by atoms with E-state index in [1.54, 1.807) is 0 Å². The van der Waals surface area contributed by atoms with Crippen LogP contribution in [-0.2, 0) is 0 Å². The molecule has 0 atom stereocenters. The van der Waals surface area contributed by atoms with Crippen molar-refractivity contribution in [1.29, 1.82) is 0 Å². The molecule has 0 aliphatic heterocycles. The number of hydrogen-bond donors (Lipinski definition) is 1. The highest BCUT2D eigenvalue weighted by Crippen LogP contribution is 2.12. The fourth-order valence-electron chi connectivity index (χ4n) is 1.49. The van der Waals surface area contributed by atoms with Crippen molar-refractivity contribution in [3.63, 3.8) is 0 Å². The van der Waals surface area contributed by atoms with E-state index >= 15 is 0 Å².